The van der Waals surface area contributed by atoms with Gasteiger partial charge < -0.3 is 19.9 Å². The Labute approximate surface area is 208 Å². The van der Waals surface area contributed by atoms with Gasteiger partial charge in [-0.05, 0) is 86.0 Å². The molecule has 6 heteroatoms. The Morgan fingerprint density at radius 2 is 1.77 bits per heavy atom. The number of aromatic nitrogens is 1. The molecule has 2 fully saturated rings. The second kappa shape index (κ2) is 10.8. The Bertz CT molecular complexity index is 1160. The van der Waals surface area contributed by atoms with Crippen LogP contribution in [0, 0.1) is 0 Å². The van der Waals surface area contributed by atoms with Gasteiger partial charge in [0.15, 0.2) is 0 Å². The van der Waals surface area contributed by atoms with Gasteiger partial charge in [0.1, 0.15) is 5.75 Å². The molecule has 2 aliphatic heterocycles. The van der Waals surface area contributed by atoms with Crippen LogP contribution in [-0.2, 0) is 13.0 Å². The summed E-state index contributed by atoms with van der Waals surface area (Å²) in [4.78, 5) is 16.8. The van der Waals surface area contributed by atoms with Gasteiger partial charge in [-0.2, -0.15) is 0 Å². The van der Waals surface area contributed by atoms with Crippen LogP contribution >= 0.6 is 0 Å². The lowest BCUT2D eigenvalue weighted by Crippen LogP contribution is -2.35. The maximum absolute atomic E-state index is 11.6. The zero-order valence-electron chi connectivity index (χ0n) is 20.9. The number of hydrogen-bond acceptors (Lipinski definition) is 4. The van der Waals surface area contributed by atoms with Crippen LogP contribution in [0.15, 0.2) is 48.7 Å². The molecule has 0 spiro atoms. The largest absolute Gasteiger partial charge is 0.496 e. The minimum Gasteiger partial charge on any atom is -0.496 e. The smallest absolute Gasteiger partial charge is 0.248 e. The molecule has 0 atom stereocenters. The number of ether oxygens (including phenoxy) is 1. The first-order chi connectivity index (χ1) is 17.1. The lowest BCUT2D eigenvalue weighted by Gasteiger charge is -2.33. The van der Waals surface area contributed by atoms with Crippen molar-refractivity contribution in [2.45, 2.75) is 51.1 Å². The highest BCUT2D eigenvalue weighted by Gasteiger charge is 2.22. The third-order valence-electron chi connectivity index (χ3n) is 7.86. The Morgan fingerprint density at radius 1 is 0.971 bits per heavy atom. The Balaban J connectivity index is 1.16. The fourth-order valence-corrected chi connectivity index (χ4v) is 5.79. The Hall–Kier alpha value is -2.83. The third-order valence-corrected chi connectivity index (χ3v) is 7.86. The maximum Gasteiger partial charge on any atom is 0.248 e. The summed E-state index contributed by atoms with van der Waals surface area (Å²) in [6.07, 6.45) is 9.39. The molecular formula is C29H38N4O2. The number of primary amides is 1. The van der Waals surface area contributed by atoms with Crippen LogP contribution in [0.2, 0.25) is 0 Å². The summed E-state index contributed by atoms with van der Waals surface area (Å²) in [5.41, 5.74) is 9.84. The van der Waals surface area contributed by atoms with Crippen molar-refractivity contribution in [2.75, 3.05) is 39.8 Å². The van der Waals surface area contributed by atoms with Crippen molar-refractivity contribution in [1.29, 1.82) is 0 Å². The van der Waals surface area contributed by atoms with E-state index in [0.717, 1.165) is 62.1 Å². The molecule has 0 aliphatic carbocycles. The summed E-state index contributed by atoms with van der Waals surface area (Å²) in [6.45, 7) is 6.66. The van der Waals surface area contributed by atoms with Gasteiger partial charge in [-0.1, -0.05) is 24.6 Å². The van der Waals surface area contributed by atoms with Crippen molar-refractivity contribution < 1.29 is 9.53 Å². The maximum atomic E-state index is 11.6. The fourth-order valence-electron chi connectivity index (χ4n) is 5.79. The number of hydrogen-bond donors (Lipinski definition) is 1. The number of methoxy groups -OCH3 is 1. The number of amides is 1. The van der Waals surface area contributed by atoms with E-state index in [1.165, 1.54) is 43.5 Å². The number of likely N-dealkylation sites (tertiary alicyclic amines) is 2. The predicted molar refractivity (Wildman–Crippen MR) is 141 cm³/mol. The standard InChI is InChI=1S/C29H38N4O2/c1-35-28-19-22(21-32-13-3-2-4-14-32)5-6-24(28)9-15-31-16-11-26(12-17-31)33-18-10-23-7-8-25(29(30)34)20-27(23)33/h5-8,10,18-20,26H,2-4,9,11-17,21H2,1H3,(H2,30,34). The van der Waals surface area contributed by atoms with E-state index in [9.17, 15) is 4.79 Å². The van der Waals surface area contributed by atoms with Crippen LogP contribution in [0.4, 0.5) is 0 Å². The molecule has 0 unspecified atom stereocenters. The zero-order chi connectivity index (χ0) is 24.2. The van der Waals surface area contributed by atoms with E-state index >= 15 is 0 Å². The molecule has 3 heterocycles. The van der Waals surface area contributed by atoms with Crippen LogP contribution < -0.4 is 10.5 Å². The zero-order valence-corrected chi connectivity index (χ0v) is 20.9. The summed E-state index contributed by atoms with van der Waals surface area (Å²) in [6, 6.07) is 15.1. The van der Waals surface area contributed by atoms with Crippen LogP contribution in [0.3, 0.4) is 0 Å². The molecular weight excluding hydrogens is 436 g/mol. The number of nitrogens with zero attached hydrogens (tertiary/aromatic N) is 3. The van der Waals surface area contributed by atoms with Crippen molar-refractivity contribution in [3.05, 3.63) is 65.4 Å². The number of benzene rings is 2. The molecule has 0 radical (unpaired) electrons. The predicted octanol–water partition coefficient (Wildman–Crippen LogP) is 4.61. The van der Waals surface area contributed by atoms with E-state index in [1.807, 2.05) is 18.2 Å². The minimum absolute atomic E-state index is 0.371. The first-order valence-electron chi connectivity index (χ1n) is 13.1. The van der Waals surface area contributed by atoms with E-state index in [0.29, 0.717) is 11.6 Å². The summed E-state index contributed by atoms with van der Waals surface area (Å²) in [5, 5.41) is 1.16. The van der Waals surface area contributed by atoms with E-state index in [4.69, 9.17) is 10.5 Å². The minimum atomic E-state index is -0.371. The van der Waals surface area contributed by atoms with Crippen molar-refractivity contribution in [2.24, 2.45) is 5.73 Å². The number of rotatable bonds is 8. The van der Waals surface area contributed by atoms with Crippen molar-refractivity contribution in [1.82, 2.24) is 14.4 Å². The molecule has 2 N–H and O–H groups in total. The quantitative estimate of drug-likeness (QED) is 0.518. The molecule has 2 aromatic carbocycles. The lowest BCUT2D eigenvalue weighted by atomic mass is 10.0. The SMILES string of the molecule is COc1cc(CN2CCCCC2)ccc1CCN1CCC(n2ccc3ccc(C(N)=O)cc32)CC1. The first-order valence-corrected chi connectivity index (χ1v) is 13.1. The molecule has 3 aromatic rings. The van der Waals surface area contributed by atoms with E-state index in [2.05, 4.69) is 44.8 Å². The molecule has 6 nitrogen and oxygen atoms in total. The van der Waals surface area contributed by atoms with Gasteiger partial charge in [0.05, 0.1) is 7.11 Å². The molecule has 35 heavy (non-hydrogen) atoms. The molecule has 186 valence electrons. The normalized spacial score (nSPS) is 18.2. The van der Waals surface area contributed by atoms with Gasteiger partial charge in [-0.25, -0.2) is 0 Å². The molecule has 1 amide bonds. The highest BCUT2D eigenvalue weighted by molar-refractivity contribution is 5.97. The average Bonchev–Trinajstić information content (AvgIpc) is 3.32. The van der Waals surface area contributed by atoms with Gasteiger partial charge in [0.2, 0.25) is 5.91 Å². The third kappa shape index (κ3) is 5.54. The van der Waals surface area contributed by atoms with Crippen molar-refractivity contribution in [3.8, 4) is 5.75 Å². The number of nitrogens with two attached hydrogens (primary N) is 1. The molecule has 1 aromatic heterocycles. The van der Waals surface area contributed by atoms with Gasteiger partial charge in [-0.3, -0.25) is 9.69 Å². The lowest BCUT2D eigenvalue weighted by molar-refractivity contribution is 0.100. The van der Waals surface area contributed by atoms with Gasteiger partial charge >= 0.3 is 0 Å². The van der Waals surface area contributed by atoms with Crippen LogP contribution in [0.5, 0.6) is 5.75 Å². The summed E-state index contributed by atoms with van der Waals surface area (Å²) in [5.74, 6) is 0.655. The second-order valence-corrected chi connectivity index (χ2v) is 10.2. The van der Waals surface area contributed by atoms with Crippen molar-refractivity contribution in [3.63, 3.8) is 0 Å². The monoisotopic (exact) mass is 474 g/mol. The van der Waals surface area contributed by atoms with Crippen LogP contribution in [-0.4, -0.2) is 60.1 Å². The molecule has 2 aliphatic rings. The Morgan fingerprint density at radius 3 is 2.51 bits per heavy atom. The molecule has 5 rings (SSSR count). The van der Waals surface area contributed by atoms with Gasteiger partial charge in [0, 0.05) is 49.5 Å². The number of carbonyl (C=O) groups excluding carboxylic acids is 1. The van der Waals surface area contributed by atoms with E-state index < -0.39 is 0 Å². The second-order valence-electron chi connectivity index (χ2n) is 10.2. The van der Waals surface area contributed by atoms with Crippen LogP contribution in [0.25, 0.3) is 10.9 Å². The molecule has 2 saturated heterocycles. The number of piperidine rings is 2. The van der Waals surface area contributed by atoms with Crippen LogP contribution in [0.1, 0.15) is 59.6 Å². The topological polar surface area (TPSA) is 63.7 Å². The van der Waals surface area contributed by atoms with Crippen molar-refractivity contribution >= 4 is 16.8 Å². The highest BCUT2D eigenvalue weighted by atomic mass is 16.5. The molecule has 0 saturated carbocycles. The average molecular weight is 475 g/mol. The summed E-state index contributed by atoms with van der Waals surface area (Å²) in [7, 11) is 1.79. The van der Waals surface area contributed by atoms with Gasteiger partial charge in [0.25, 0.3) is 0 Å². The number of carbonyl (C=O) groups is 1. The highest BCUT2D eigenvalue weighted by Crippen LogP contribution is 2.29. The molecule has 0 bridgehead atoms. The summed E-state index contributed by atoms with van der Waals surface area (Å²) < 4.78 is 8.11. The van der Waals surface area contributed by atoms with Gasteiger partial charge in [-0.15, -0.1) is 0 Å². The summed E-state index contributed by atoms with van der Waals surface area (Å²) >= 11 is 0. The fraction of sp³-hybridized carbons (Fsp3) is 0.483. The first kappa shape index (κ1) is 23.9. The van der Waals surface area contributed by atoms with E-state index in [1.54, 1.807) is 7.11 Å². The van der Waals surface area contributed by atoms with E-state index in [-0.39, 0.29) is 5.91 Å². The Kier molecular flexibility index (Phi) is 7.40. The number of fused-ring (bicyclic) bond motifs is 1.